The number of rotatable bonds is 4. The Morgan fingerprint density at radius 2 is 1.75 bits per heavy atom. The van der Waals surface area contributed by atoms with E-state index in [2.05, 4.69) is 5.32 Å². The fraction of sp³-hybridized carbons (Fsp3) is 0.500. The normalized spacial score (nSPS) is 11.6. The molecular weight excluding hydrogens is 210 g/mol. The van der Waals surface area contributed by atoms with Crippen LogP contribution in [-0.4, -0.2) is 6.54 Å². The number of benzene rings is 1. The third-order valence-electron chi connectivity index (χ3n) is 2.77. The second kappa shape index (κ2) is 4.68. The Kier molecular flexibility index (Phi) is 3.73. The highest BCUT2D eigenvalue weighted by atomic mass is 19.1. The van der Waals surface area contributed by atoms with Crippen molar-refractivity contribution >= 4 is 11.4 Å². The van der Waals surface area contributed by atoms with Gasteiger partial charge in [-0.2, -0.15) is 0 Å². The summed E-state index contributed by atoms with van der Waals surface area (Å²) in [6.07, 6.45) is 0.929. The molecule has 0 spiro atoms. The van der Waals surface area contributed by atoms with E-state index >= 15 is 0 Å². The first-order valence-electron chi connectivity index (χ1n) is 5.34. The van der Waals surface area contributed by atoms with Crippen molar-refractivity contribution in [3.63, 3.8) is 0 Å². The monoisotopic (exact) mass is 228 g/mol. The van der Waals surface area contributed by atoms with Crippen molar-refractivity contribution in [1.82, 2.24) is 0 Å². The molecule has 0 saturated carbocycles. The number of halogens is 2. The van der Waals surface area contributed by atoms with E-state index in [1.165, 1.54) is 0 Å². The SMILES string of the molecule is CCC(C)(C)CNc1c(F)cc(N)cc1F. The number of nitrogen functional groups attached to an aromatic ring is 1. The van der Waals surface area contributed by atoms with Crippen LogP contribution in [0.15, 0.2) is 12.1 Å². The van der Waals surface area contributed by atoms with Crippen LogP contribution in [-0.2, 0) is 0 Å². The highest BCUT2D eigenvalue weighted by molar-refractivity contribution is 5.54. The Hall–Kier alpha value is -1.32. The number of anilines is 2. The summed E-state index contributed by atoms with van der Waals surface area (Å²) in [4.78, 5) is 0. The zero-order chi connectivity index (χ0) is 12.3. The lowest BCUT2D eigenvalue weighted by Gasteiger charge is -2.24. The molecule has 0 aromatic heterocycles. The Balaban J connectivity index is 2.82. The number of nitrogens with one attached hydrogen (secondary N) is 1. The van der Waals surface area contributed by atoms with Crippen LogP contribution in [0.5, 0.6) is 0 Å². The molecule has 0 amide bonds. The standard InChI is InChI=1S/C12H18F2N2/c1-4-12(2,3)7-16-11-9(13)5-8(15)6-10(11)14/h5-6,16H,4,7,15H2,1-3H3. The van der Waals surface area contributed by atoms with Crippen molar-refractivity contribution in [3.05, 3.63) is 23.8 Å². The molecule has 1 aromatic carbocycles. The van der Waals surface area contributed by atoms with Gasteiger partial charge < -0.3 is 11.1 Å². The molecule has 0 aliphatic heterocycles. The Bertz CT molecular complexity index is 352. The second-order valence-corrected chi connectivity index (χ2v) is 4.73. The molecule has 16 heavy (non-hydrogen) atoms. The van der Waals surface area contributed by atoms with Gasteiger partial charge in [-0.25, -0.2) is 8.78 Å². The van der Waals surface area contributed by atoms with Crippen LogP contribution >= 0.6 is 0 Å². The van der Waals surface area contributed by atoms with E-state index in [4.69, 9.17) is 5.73 Å². The Labute approximate surface area is 94.8 Å². The maximum atomic E-state index is 13.4. The van der Waals surface area contributed by atoms with Gasteiger partial charge in [0.2, 0.25) is 0 Å². The molecule has 0 aliphatic carbocycles. The van der Waals surface area contributed by atoms with E-state index in [9.17, 15) is 8.78 Å². The average Bonchev–Trinajstić information content (AvgIpc) is 2.16. The molecule has 0 fully saturated rings. The van der Waals surface area contributed by atoms with Gasteiger partial charge in [0.1, 0.15) is 5.69 Å². The number of hydrogen-bond donors (Lipinski definition) is 2. The molecule has 0 saturated heterocycles. The van der Waals surface area contributed by atoms with Gasteiger partial charge in [0.15, 0.2) is 11.6 Å². The van der Waals surface area contributed by atoms with Crippen LogP contribution in [0.2, 0.25) is 0 Å². The number of hydrogen-bond acceptors (Lipinski definition) is 2. The third kappa shape index (κ3) is 3.08. The fourth-order valence-corrected chi connectivity index (χ4v) is 1.21. The molecule has 0 bridgehead atoms. The Morgan fingerprint density at radius 3 is 2.19 bits per heavy atom. The van der Waals surface area contributed by atoms with E-state index in [0.717, 1.165) is 18.6 Å². The minimum atomic E-state index is -0.649. The van der Waals surface area contributed by atoms with Gasteiger partial charge in [0, 0.05) is 12.2 Å². The first kappa shape index (κ1) is 12.7. The molecule has 90 valence electrons. The fourth-order valence-electron chi connectivity index (χ4n) is 1.21. The van der Waals surface area contributed by atoms with Crippen LogP contribution in [0.4, 0.5) is 20.2 Å². The Morgan fingerprint density at radius 1 is 1.25 bits per heavy atom. The van der Waals surface area contributed by atoms with Crippen LogP contribution in [0.1, 0.15) is 27.2 Å². The molecule has 3 N–H and O–H groups in total. The van der Waals surface area contributed by atoms with Crippen molar-refractivity contribution in [2.75, 3.05) is 17.6 Å². The smallest absolute Gasteiger partial charge is 0.151 e. The van der Waals surface area contributed by atoms with E-state index in [0.29, 0.717) is 6.54 Å². The predicted octanol–water partition coefficient (Wildman–Crippen LogP) is 3.40. The quantitative estimate of drug-likeness (QED) is 0.775. The lowest BCUT2D eigenvalue weighted by Crippen LogP contribution is -2.23. The van der Waals surface area contributed by atoms with Gasteiger partial charge in [0.25, 0.3) is 0 Å². The third-order valence-corrected chi connectivity index (χ3v) is 2.77. The molecule has 0 aliphatic rings. The molecule has 2 nitrogen and oxygen atoms in total. The zero-order valence-electron chi connectivity index (χ0n) is 9.90. The van der Waals surface area contributed by atoms with Gasteiger partial charge in [-0.1, -0.05) is 20.8 Å². The van der Waals surface area contributed by atoms with Crippen LogP contribution in [0, 0.1) is 17.0 Å². The minimum Gasteiger partial charge on any atom is -0.399 e. The van der Waals surface area contributed by atoms with Gasteiger partial charge in [-0.05, 0) is 24.0 Å². The zero-order valence-corrected chi connectivity index (χ0v) is 9.90. The molecule has 0 heterocycles. The summed E-state index contributed by atoms with van der Waals surface area (Å²) in [7, 11) is 0. The van der Waals surface area contributed by atoms with Crippen molar-refractivity contribution in [2.45, 2.75) is 27.2 Å². The minimum absolute atomic E-state index is 0.000264. The maximum Gasteiger partial charge on any atom is 0.151 e. The lowest BCUT2D eigenvalue weighted by atomic mass is 9.90. The largest absolute Gasteiger partial charge is 0.399 e. The summed E-state index contributed by atoms with van der Waals surface area (Å²) < 4.78 is 26.8. The summed E-state index contributed by atoms with van der Waals surface area (Å²) in [5.41, 5.74) is 5.32. The first-order valence-corrected chi connectivity index (χ1v) is 5.34. The van der Waals surface area contributed by atoms with E-state index in [1.54, 1.807) is 0 Å². The molecule has 0 unspecified atom stereocenters. The van der Waals surface area contributed by atoms with Crippen molar-refractivity contribution in [3.8, 4) is 0 Å². The van der Waals surface area contributed by atoms with Crippen LogP contribution in [0.3, 0.4) is 0 Å². The summed E-state index contributed by atoms with van der Waals surface area (Å²) in [6, 6.07) is 2.23. The first-order chi connectivity index (χ1) is 7.35. The van der Waals surface area contributed by atoms with Crippen molar-refractivity contribution in [1.29, 1.82) is 0 Å². The van der Waals surface area contributed by atoms with E-state index < -0.39 is 11.6 Å². The molecule has 0 radical (unpaired) electrons. The van der Waals surface area contributed by atoms with Crippen molar-refractivity contribution < 1.29 is 8.78 Å². The maximum absolute atomic E-state index is 13.4. The van der Waals surface area contributed by atoms with Crippen molar-refractivity contribution in [2.24, 2.45) is 5.41 Å². The van der Waals surface area contributed by atoms with Gasteiger partial charge in [-0.15, -0.1) is 0 Å². The highest BCUT2D eigenvalue weighted by Gasteiger charge is 2.17. The molecular formula is C12H18F2N2. The lowest BCUT2D eigenvalue weighted by molar-refractivity contribution is 0.375. The molecule has 1 aromatic rings. The van der Waals surface area contributed by atoms with Crippen LogP contribution in [0.25, 0.3) is 0 Å². The molecule has 1 rings (SSSR count). The molecule has 4 heteroatoms. The summed E-state index contributed by atoms with van der Waals surface area (Å²) >= 11 is 0. The summed E-state index contributed by atoms with van der Waals surface area (Å²) in [5.74, 6) is -1.30. The van der Waals surface area contributed by atoms with Crippen LogP contribution < -0.4 is 11.1 Å². The topological polar surface area (TPSA) is 38.0 Å². The molecule has 0 atom stereocenters. The highest BCUT2D eigenvalue weighted by Crippen LogP contribution is 2.25. The summed E-state index contributed by atoms with van der Waals surface area (Å²) in [5, 5.41) is 2.79. The second-order valence-electron chi connectivity index (χ2n) is 4.73. The van der Waals surface area contributed by atoms with Gasteiger partial charge >= 0.3 is 0 Å². The average molecular weight is 228 g/mol. The van der Waals surface area contributed by atoms with Gasteiger partial charge in [-0.3, -0.25) is 0 Å². The number of nitrogens with two attached hydrogens (primary N) is 1. The van der Waals surface area contributed by atoms with E-state index in [-0.39, 0.29) is 16.8 Å². The summed E-state index contributed by atoms with van der Waals surface area (Å²) in [6.45, 7) is 6.62. The van der Waals surface area contributed by atoms with Gasteiger partial charge in [0.05, 0.1) is 0 Å². The predicted molar refractivity (Wildman–Crippen MR) is 63.3 cm³/mol. The van der Waals surface area contributed by atoms with E-state index in [1.807, 2.05) is 20.8 Å².